The zero-order chi connectivity index (χ0) is 13.0. The maximum absolute atomic E-state index is 5.80. The fraction of sp³-hybridized carbons (Fsp3) is 0.400. The van der Waals surface area contributed by atoms with Crippen molar-refractivity contribution >= 4 is 10.9 Å². The maximum Gasteiger partial charge on any atom is 0.145 e. The van der Waals surface area contributed by atoms with Crippen LogP contribution in [0.1, 0.15) is 31.0 Å². The number of pyridine rings is 1. The number of aromatic nitrogens is 1. The van der Waals surface area contributed by atoms with Crippen LogP contribution in [0.3, 0.4) is 0 Å². The van der Waals surface area contributed by atoms with Crippen molar-refractivity contribution in [3.63, 3.8) is 0 Å². The molecule has 1 aromatic carbocycles. The molecule has 0 amide bonds. The topological polar surface area (TPSA) is 48.1 Å². The van der Waals surface area contributed by atoms with Crippen LogP contribution in [0.2, 0.25) is 0 Å². The van der Waals surface area contributed by atoms with E-state index < -0.39 is 0 Å². The number of hydrogen-bond acceptors (Lipinski definition) is 3. The quantitative estimate of drug-likeness (QED) is 0.822. The molecule has 0 fully saturated rings. The molecule has 18 heavy (non-hydrogen) atoms. The lowest BCUT2D eigenvalue weighted by molar-refractivity contribution is 0.312. The van der Waals surface area contributed by atoms with Gasteiger partial charge in [-0.1, -0.05) is 25.5 Å². The first-order valence-corrected chi connectivity index (χ1v) is 6.48. The molecule has 2 rings (SSSR count). The SMILES string of the molecule is CCCCOc1cccc2cc(C)c(CN)nc12. The van der Waals surface area contributed by atoms with E-state index in [0.29, 0.717) is 6.54 Å². The molecule has 3 nitrogen and oxygen atoms in total. The van der Waals surface area contributed by atoms with Crippen LogP contribution in [-0.4, -0.2) is 11.6 Å². The summed E-state index contributed by atoms with van der Waals surface area (Å²) in [6, 6.07) is 8.16. The number of rotatable bonds is 5. The fourth-order valence-corrected chi connectivity index (χ4v) is 1.96. The van der Waals surface area contributed by atoms with Gasteiger partial charge in [0.1, 0.15) is 11.3 Å². The van der Waals surface area contributed by atoms with E-state index in [9.17, 15) is 0 Å². The van der Waals surface area contributed by atoms with Gasteiger partial charge in [0, 0.05) is 11.9 Å². The van der Waals surface area contributed by atoms with Crippen LogP contribution in [0.5, 0.6) is 5.75 Å². The van der Waals surface area contributed by atoms with Crippen molar-refractivity contribution in [3.05, 3.63) is 35.5 Å². The summed E-state index contributed by atoms with van der Waals surface area (Å²) in [6.07, 6.45) is 2.19. The van der Waals surface area contributed by atoms with Gasteiger partial charge in [-0.25, -0.2) is 4.98 Å². The van der Waals surface area contributed by atoms with Crippen molar-refractivity contribution in [1.29, 1.82) is 0 Å². The number of nitrogens with two attached hydrogens (primary N) is 1. The van der Waals surface area contributed by atoms with E-state index in [0.717, 1.165) is 47.4 Å². The van der Waals surface area contributed by atoms with Gasteiger partial charge in [0.15, 0.2) is 0 Å². The van der Waals surface area contributed by atoms with E-state index >= 15 is 0 Å². The zero-order valence-electron chi connectivity index (χ0n) is 11.1. The Balaban J connectivity index is 2.40. The van der Waals surface area contributed by atoms with Crippen LogP contribution >= 0.6 is 0 Å². The second-order valence-electron chi connectivity index (χ2n) is 4.49. The largest absolute Gasteiger partial charge is 0.491 e. The fourth-order valence-electron chi connectivity index (χ4n) is 1.96. The van der Waals surface area contributed by atoms with E-state index in [2.05, 4.69) is 24.0 Å². The minimum atomic E-state index is 0.463. The van der Waals surface area contributed by atoms with Crippen molar-refractivity contribution in [2.75, 3.05) is 6.61 Å². The number of hydrogen-bond donors (Lipinski definition) is 1. The minimum Gasteiger partial charge on any atom is -0.491 e. The minimum absolute atomic E-state index is 0.463. The first-order chi connectivity index (χ1) is 8.76. The summed E-state index contributed by atoms with van der Waals surface area (Å²) in [4.78, 5) is 4.62. The molecule has 3 heteroatoms. The molecule has 0 aliphatic carbocycles. The van der Waals surface area contributed by atoms with Crippen molar-refractivity contribution in [1.82, 2.24) is 4.98 Å². The third-order valence-corrected chi connectivity index (χ3v) is 3.05. The molecule has 0 aliphatic heterocycles. The number of fused-ring (bicyclic) bond motifs is 1. The van der Waals surface area contributed by atoms with Crippen LogP contribution in [0.4, 0.5) is 0 Å². The van der Waals surface area contributed by atoms with Gasteiger partial charge in [0.25, 0.3) is 0 Å². The lowest BCUT2D eigenvalue weighted by Crippen LogP contribution is -2.04. The molecule has 1 aromatic heterocycles. The Kier molecular flexibility index (Phi) is 4.15. The Morgan fingerprint density at radius 3 is 2.89 bits per heavy atom. The molecule has 0 saturated carbocycles. The van der Waals surface area contributed by atoms with E-state index in [1.807, 2.05) is 19.1 Å². The average molecular weight is 244 g/mol. The number of ether oxygens (including phenoxy) is 1. The summed E-state index contributed by atoms with van der Waals surface area (Å²) in [5.41, 5.74) is 8.70. The van der Waals surface area contributed by atoms with E-state index in [1.165, 1.54) is 0 Å². The van der Waals surface area contributed by atoms with Crippen molar-refractivity contribution in [2.24, 2.45) is 5.73 Å². The molecule has 0 atom stereocenters. The molecule has 0 radical (unpaired) electrons. The smallest absolute Gasteiger partial charge is 0.145 e. The third kappa shape index (κ3) is 2.62. The van der Waals surface area contributed by atoms with Gasteiger partial charge < -0.3 is 10.5 Å². The van der Waals surface area contributed by atoms with Crippen LogP contribution in [0.15, 0.2) is 24.3 Å². The van der Waals surface area contributed by atoms with Crippen molar-refractivity contribution in [3.8, 4) is 5.75 Å². The molecular formula is C15H20N2O. The summed E-state index contributed by atoms with van der Waals surface area (Å²) in [7, 11) is 0. The lowest BCUT2D eigenvalue weighted by Gasteiger charge is -2.10. The Morgan fingerprint density at radius 1 is 1.33 bits per heavy atom. The van der Waals surface area contributed by atoms with Crippen molar-refractivity contribution < 1.29 is 4.74 Å². The van der Waals surface area contributed by atoms with E-state index in [-0.39, 0.29) is 0 Å². The van der Waals surface area contributed by atoms with Crippen LogP contribution < -0.4 is 10.5 Å². The number of aryl methyl sites for hydroxylation is 1. The summed E-state index contributed by atoms with van der Waals surface area (Å²) in [5.74, 6) is 0.857. The highest BCUT2D eigenvalue weighted by Crippen LogP contribution is 2.25. The molecule has 0 saturated heterocycles. The monoisotopic (exact) mass is 244 g/mol. The predicted octanol–water partition coefficient (Wildman–Crippen LogP) is 3.18. The molecule has 0 spiro atoms. The average Bonchev–Trinajstić information content (AvgIpc) is 2.38. The number of benzene rings is 1. The molecule has 2 aromatic rings. The van der Waals surface area contributed by atoms with Gasteiger partial charge in [-0.3, -0.25) is 0 Å². The summed E-state index contributed by atoms with van der Waals surface area (Å²) in [5, 5.41) is 1.11. The normalized spacial score (nSPS) is 10.8. The van der Waals surface area contributed by atoms with Crippen LogP contribution in [0, 0.1) is 6.92 Å². The van der Waals surface area contributed by atoms with Gasteiger partial charge >= 0.3 is 0 Å². The van der Waals surface area contributed by atoms with Crippen LogP contribution in [0.25, 0.3) is 10.9 Å². The summed E-state index contributed by atoms with van der Waals surface area (Å²) >= 11 is 0. The van der Waals surface area contributed by atoms with Gasteiger partial charge in [-0.15, -0.1) is 0 Å². The Morgan fingerprint density at radius 2 is 2.17 bits per heavy atom. The standard InChI is InChI=1S/C15H20N2O/c1-3-4-8-18-14-7-5-6-12-9-11(2)13(10-16)17-15(12)14/h5-7,9H,3-4,8,10,16H2,1-2H3. The highest BCUT2D eigenvalue weighted by Gasteiger charge is 2.07. The van der Waals surface area contributed by atoms with Gasteiger partial charge in [0.05, 0.1) is 12.3 Å². The van der Waals surface area contributed by atoms with Gasteiger partial charge in [-0.05, 0) is 31.0 Å². The summed E-state index contributed by atoms with van der Waals surface area (Å²) in [6.45, 7) is 5.40. The highest BCUT2D eigenvalue weighted by molar-refractivity contribution is 5.85. The lowest BCUT2D eigenvalue weighted by atomic mass is 10.1. The predicted molar refractivity (Wildman–Crippen MR) is 74.8 cm³/mol. The molecule has 2 N–H and O–H groups in total. The van der Waals surface area contributed by atoms with Crippen LogP contribution in [-0.2, 0) is 6.54 Å². The molecule has 0 aliphatic rings. The van der Waals surface area contributed by atoms with Gasteiger partial charge in [-0.2, -0.15) is 0 Å². The molecule has 1 heterocycles. The maximum atomic E-state index is 5.80. The summed E-state index contributed by atoms with van der Waals surface area (Å²) < 4.78 is 5.80. The number of nitrogens with zero attached hydrogens (tertiary/aromatic N) is 1. The number of unbranched alkanes of at least 4 members (excludes halogenated alkanes) is 1. The molecule has 0 bridgehead atoms. The second kappa shape index (κ2) is 5.83. The number of para-hydroxylation sites is 1. The van der Waals surface area contributed by atoms with E-state index in [4.69, 9.17) is 10.5 Å². The Hall–Kier alpha value is -1.61. The Bertz CT molecular complexity index is 537. The second-order valence-corrected chi connectivity index (χ2v) is 4.49. The van der Waals surface area contributed by atoms with Gasteiger partial charge in [0.2, 0.25) is 0 Å². The zero-order valence-corrected chi connectivity index (χ0v) is 11.1. The molecule has 96 valence electrons. The van der Waals surface area contributed by atoms with E-state index in [1.54, 1.807) is 0 Å². The third-order valence-electron chi connectivity index (χ3n) is 3.05. The molecular weight excluding hydrogens is 224 g/mol. The molecule has 0 unspecified atom stereocenters. The first kappa shape index (κ1) is 12.8. The Labute approximate surface area is 108 Å². The first-order valence-electron chi connectivity index (χ1n) is 6.48. The van der Waals surface area contributed by atoms with Crippen molar-refractivity contribution in [2.45, 2.75) is 33.2 Å². The highest BCUT2D eigenvalue weighted by atomic mass is 16.5.